The van der Waals surface area contributed by atoms with Crippen molar-refractivity contribution in [2.24, 2.45) is 5.92 Å². The number of nitrogens with zero attached hydrogens (tertiary/aromatic N) is 3. The molecule has 1 aliphatic carbocycles. The molecule has 8 heteroatoms. The molecule has 164 valence electrons. The van der Waals surface area contributed by atoms with Crippen molar-refractivity contribution < 1.29 is 9.59 Å². The summed E-state index contributed by atoms with van der Waals surface area (Å²) in [6, 6.07) is 10.3. The molecule has 31 heavy (non-hydrogen) atoms. The Morgan fingerprint density at radius 3 is 2.52 bits per heavy atom. The number of rotatable bonds is 7. The van der Waals surface area contributed by atoms with Crippen LogP contribution in [0.2, 0.25) is 0 Å². The van der Waals surface area contributed by atoms with E-state index >= 15 is 0 Å². The fraction of sp³-hybridized carbons (Fsp3) is 0.478. The molecule has 0 unspecified atom stereocenters. The molecule has 0 radical (unpaired) electrons. The average Bonchev–Trinajstić information content (AvgIpc) is 3.59. The zero-order chi connectivity index (χ0) is 21.8. The molecule has 1 aliphatic heterocycles. The molecular weight excluding hydrogens is 410 g/mol. The van der Waals surface area contributed by atoms with Crippen LogP contribution >= 0.6 is 11.8 Å². The van der Waals surface area contributed by atoms with Gasteiger partial charge in [-0.25, -0.2) is 0 Å². The Morgan fingerprint density at radius 1 is 1.06 bits per heavy atom. The van der Waals surface area contributed by atoms with Gasteiger partial charge in [0.05, 0.1) is 5.75 Å². The summed E-state index contributed by atoms with van der Waals surface area (Å²) in [4.78, 5) is 26.7. The van der Waals surface area contributed by atoms with Crippen LogP contribution in [-0.2, 0) is 9.59 Å². The molecule has 1 saturated carbocycles. The Morgan fingerprint density at radius 2 is 1.84 bits per heavy atom. The Balaban J connectivity index is 1.23. The number of amides is 2. The van der Waals surface area contributed by atoms with Crippen LogP contribution in [0.25, 0.3) is 0 Å². The molecule has 1 aromatic carbocycles. The van der Waals surface area contributed by atoms with Crippen molar-refractivity contribution in [1.29, 1.82) is 0 Å². The van der Waals surface area contributed by atoms with E-state index in [0.717, 1.165) is 66.4 Å². The molecule has 1 saturated heterocycles. The summed E-state index contributed by atoms with van der Waals surface area (Å²) in [5.41, 5.74) is 3.01. The summed E-state index contributed by atoms with van der Waals surface area (Å²) in [6.07, 6.45) is 3.93. The molecule has 2 N–H and O–H groups in total. The highest BCUT2D eigenvalue weighted by atomic mass is 32.2. The van der Waals surface area contributed by atoms with Crippen LogP contribution in [0.5, 0.6) is 0 Å². The van der Waals surface area contributed by atoms with Crippen molar-refractivity contribution in [1.82, 2.24) is 15.5 Å². The average molecular weight is 440 g/mol. The minimum atomic E-state index is -0.0591. The number of aryl methyl sites for hydroxylation is 2. The predicted molar refractivity (Wildman–Crippen MR) is 123 cm³/mol. The second-order valence-corrected chi connectivity index (χ2v) is 9.42. The number of piperidine rings is 1. The smallest absolute Gasteiger partial charge is 0.234 e. The third kappa shape index (κ3) is 5.97. The fourth-order valence-corrected chi connectivity index (χ4v) is 4.29. The molecule has 0 spiro atoms. The van der Waals surface area contributed by atoms with E-state index in [0.29, 0.717) is 6.04 Å². The third-order valence-electron chi connectivity index (χ3n) is 5.76. The lowest BCUT2D eigenvalue weighted by atomic mass is 9.96. The zero-order valence-corrected chi connectivity index (χ0v) is 18.9. The molecular formula is C23H29N5O2S. The standard InChI is InChI=1S/C23H29N5O2S/c1-15-3-4-16(2)19(13-15)25-21(29)14-31-22-8-7-20(26-27-22)28-11-9-17(10-12-28)23(30)24-18-5-6-18/h3-4,7-8,13,17-18H,5-6,9-12,14H2,1-2H3,(H,24,30)(H,25,29). The van der Waals surface area contributed by atoms with Crippen LogP contribution in [0.15, 0.2) is 35.4 Å². The normalized spacial score (nSPS) is 16.8. The van der Waals surface area contributed by atoms with Crippen molar-refractivity contribution in [3.05, 3.63) is 41.5 Å². The summed E-state index contributed by atoms with van der Waals surface area (Å²) in [5.74, 6) is 1.36. The minimum Gasteiger partial charge on any atom is -0.355 e. The van der Waals surface area contributed by atoms with Gasteiger partial charge < -0.3 is 15.5 Å². The first kappa shape index (κ1) is 21.6. The molecule has 7 nitrogen and oxygen atoms in total. The van der Waals surface area contributed by atoms with Gasteiger partial charge in [0.15, 0.2) is 5.82 Å². The van der Waals surface area contributed by atoms with Gasteiger partial charge in [-0.05, 0) is 68.9 Å². The van der Waals surface area contributed by atoms with E-state index in [1.165, 1.54) is 11.8 Å². The first-order valence-electron chi connectivity index (χ1n) is 10.9. The fourth-order valence-electron chi connectivity index (χ4n) is 3.67. The molecule has 2 aromatic rings. The van der Waals surface area contributed by atoms with Crippen molar-refractivity contribution in [2.75, 3.05) is 29.1 Å². The Labute approximate surface area is 187 Å². The molecule has 2 amide bonds. The van der Waals surface area contributed by atoms with E-state index in [9.17, 15) is 9.59 Å². The molecule has 2 fully saturated rings. The number of hydrogen-bond acceptors (Lipinski definition) is 6. The third-order valence-corrected chi connectivity index (χ3v) is 6.68. The van der Waals surface area contributed by atoms with Gasteiger partial charge in [0.1, 0.15) is 5.03 Å². The van der Waals surface area contributed by atoms with Gasteiger partial charge in [0, 0.05) is 30.7 Å². The van der Waals surface area contributed by atoms with Gasteiger partial charge in [-0.2, -0.15) is 0 Å². The van der Waals surface area contributed by atoms with Crippen LogP contribution < -0.4 is 15.5 Å². The van der Waals surface area contributed by atoms with Crippen molar-refractivity contribution in [3.63, 3.8) is 0 Å². The number of anilines is 2. The Bertz CT molecular complexity index is 937. The van der Waals surface area contributed by atoms with Crippen molar-refractivity contribution in [2.45, 2.75) is 50.6 Å². The first-order valence-corrected chi connectivity index (χ1v) is 11.9. The zero-order valence-electron chi connectivity index (χ0n) is 18.1. The number of benzene rings is 1. The number of hydrogen-bond donors (Lipinski definition) is 2. The van der Waals surface area contributed by atoms with E-state index in [1.54, 1.807) is 0 Å². The molecule has 2 heterocycles. The second kappa shape index (κ2) is 9.68. The highest BCUT2D eigenvalue weighted by Gasteiger charge is 2.30. The number of aromatic nitrogens is 2. The van der Waals surface area contributed by atoms with Gasteiger partial charge in [-0.3, -0.25) is 9.59 Å². The highest BCUT2D eigenvalue weighted by Crippen LogP contribution is 2.25. The molecule has 0 bridgehead atoms. The first-order chi connectivity index (χ1) is 15.0. The van der Waals surface area contributed by atoms with E-state index in [4.69, 9.17) is 0 Å². The van der Waals surface area contributed by atoms with Gasteiger partial charge in [0.25, 0.3) is 0 Å². The topological polar surface area (TPSA) is 87.2 Å². The predicted octanol–water partition coefficient (Wildman–Crippen LogP) is 3.32. The maximum Gasteiger partial charge on any atom is 0.234 e. The summed E-state index contributed by atoms with van der Waals surface area (Å²) in [6.45, 7) is 5.60. The maximum absolute atomic E-state index is 12.3. The van der Waals surface area contributed by atoms with Gasteiger partial charge in [-0.1, -0.05) is 23.9 Å². The van der Waals surface area contributed by atoms with Crippen LogP contribution in [-0.4, -0.2) is 46.9 Å². The number of carbonyl (C=O) groups is 2. The van der Waals surface area contributed by atoms with Crippen molar-refractivity contribution >= 4 is 35.1 Å². The Kier molecular flexibility index (Phi) is 6.75. The summed E-state index contributed by atoms with van der Waals surface area (Å²) in [5, 5.41) is 15.4. The molecule has 1 aromatic heterocycles. The van der Waals surface area contributed by atoms with Crippen LogP contribution in [0, 0.1) is 19.8 Å². The Hall–Kier alpha value is -2.61. The van der Waals surface area contributed by atoms with Gasteiger partial charge in [0.2, 0.25) is 11.8 Å². The summed E-state index contributed by atoms with van der Waals surface area (Å²) in [7, 11) is 0. The van der Waals surface area contributed by atoms with Crippen LogP contribution in [0.3, 0.4) is 0 Å². The highest BCUT2D eigenvalue weighted by molar-refractivity contribution is 7.99. The van der Waals surface area contributed by atoms with Gasteiger partial charge >= 0.3 is 0 Å². The monoisotopic (exact) mass is 439 g/mol. The summed E-state index contributed by atoms with van der Waals surface area (Å²) >= 11 is 1.37. The lowest BCUT2D eigenvalue weighted by molar-refractivity contribution is -0.125. The van der Waals surface area contributed by atoms with E-state index < -0.39 is 0 Å². The molecule has 0 atom stereocenters. The lowest BCUT2D eigenvalue weighted by Gasteiger charge is -2.31. The van der Waals surface area contributed by atoms with Gasteiger partial charge in [-0.15, -0.1) is 10.2 Å². The minimum absolute atomic E-state index is 0.0591. The van der Waals surface area contributed by atoms with E-state index in [1.807, 2.05) is 44.2 Å². The lowest BCUT2D eigenvalue weighted by Crippen LogP contribution is -2.41. The molecule has 4 rings (SSSR count). The largest absolute Gasteiger partial charge is 0.355 e. The molecule has 2 aliphatic rings. The maximum atomic E-state index is 12.3. The number of nitrogens with one attached hydrogen (secondary N) is 2. The quantitative estimate of drug-likeness (QED) is 0.644. The van der Waals surface area contributed by atoms with Crippen molar-refractivity contribution in [3.8, 4) is 0 Å². The van der Waals surface area contributed by atoms with Crippen LogP contribution in [0.1, 0.15) is 36.8 Å². The number of carbonyl (C=O) groups excluding carboxylic acids is 2. The summed E-state index contributed by atoms with van der Waals surface area (Å²) < 4.78 is 0. The SMILES string of the molecule is Cc1ccc(C)c(NC(=O)CSc2ccc(N3CCC(C(=O)NC4CC4)CC3)nn2)c1. The van der Waals surface area contributed by atoms with Crippen LogP contribution in [0.4, 0.5) is 11.5 Å². The number of thioether (sulfide) groups is 1. The second-order valence-electron chi connectivity index (χ2n) is 8.43. The van der Waals surface area contributed by atoms with E-state index in [-0.39, 0.29) is 23.5 Å². The van der Waals surface area contributed by atoms with E-state index in [2.05, 4.69) is 25.7 Å².